The van der Waals surface area contributed by atoms with Crippen LogP contribution in [0.4, 0.5) is 9.52 Å². The number of carbonyl (C=O) groups is 2. The minimum atomic E-state index is -0.592. The number of nitrogens with zero attached hydrogens (tertiary/aromatic N) is 5. The van der Waals surface area contributed by atoms with Crippen molar-refractivity contribution in [2.45, 2.75) is 37.2 Å². The number of aryl methyl sites for hydroxylation is 1. The minimum Gasteiger partial charge on any atom is -0.345 e. The predicted octanol–water partition coefficient (Wildman–Crippen LogP) is 2.42. The van der Waals surface area contributed by atoms with Crippen molar-refractivity contribution in [3.05, 3.63) is 46.5 Å². The molecular formula is C18H20FN7O2S2. The van der Waals surface area contributed by atoms with Gasteiger partial charge < -0.3 is 9.88 Å². The van der Waals surface area contributed by atoms with Crippen LogP contribution in [-0.4, -0.2) is 42.0 Å². The first-order valence-electron chi connectivity index (χ1n) is 9.10. The molecule has 30 heavy (non-hydrogen) atoms. The van der Waals surface area contributed by atoms with Gasteiger partial charge in [0.1, 0.15) is 10.8 Å². The van der Waals surface area contributed by atoms with Crippen molar-refractivity contribution in [3.63, 3.8) is 0 Å². The average molecular weight is 450 g/mol. The molecule has 0 radical (unpaired) electrons. The lowest BCUT2D eigenvalue weighted by atomic mass is 10.2. The number of rotatable bonds is 8. The van der Waals surface area contributed by atoms with Gasteiger partial charge in [0.05, 0.1) is 17.4 Å². The summed E-state index contributed by atoms with van der Waals surface area (Å²) in [7, 11) is 1.73. The number of amides is 2. The highest BCUT2D eigenvalue weighted by Gasteiger charge is 2.20. The molecule has 3 rings (SSSR count). The number of carbonyl (C=O) groups excluding carboxylic acids is 2. The molecule has 3 aromatic rings. The van der Waals surface area contributed by atoms with E-state index in [0.29, 0.717) is 16.1 Å². The van der Waals surface area contributed by atoms with Crippen molar-refractivity contribution in [1.82, 2.24) is 30.3 Å². The Hall–Kier alpha value is -2.86. The predicted molar refractivity (Wildman–Crippen MR) is 112 cm³/mol. The molecule has 0 saturated heterocycles. The third-order valence-corrected chi connectivity index (χ3v) is 6.22. The zero-order valence-electron chi connectivity index (χ0n) is 16.5. The number of halogens is 1. The van der Waals surface area contributed by atoms with Crippen LogP contribution in [-0.2, 0) is 24.8 Å². The molecule has 2 N–H and O–H groups in total. The quantitative estimate of drug-likeness (QED) is 0.508. The van der Waals surface area contributed by atoms with Crippen molar-refractivity contribution in [2.24, 2.45) is 7.05 Å². The summed E-state index contributed by atoms with van der Waals surface area (Å²) < 4.78 is 15.4. The lowest BCUT2D eigenvalue weighted by Gasteiger charge is -2.10. The molecule has 0 saturated carbocycles. The van der Waals surface area contributed by atoms with Gasteiger partial charge in [-0.2, -0.15) is 0 Å². The summed E-state index contributed by atoms with van der Waals surface area (Å²) >= 11 is 2.56. The van der Waals surface area contributed by atoms with E-state index in [-0.39, 0.29) is 18.0 Å². The Balaban J connectivity index is 1.57. The van der Waals surface area contributed by atoms with Crippen LogP contribution in [0.5, 0.6) is 0 Å². The second-order valence-corrected chi connectivity index (χ2v) is 8.59. The van der Waals surface area contributed by atoms with Gasteiger partial charge in [0.25, 0.3) is 5.91 Å². The van der Waals surface area contributed by atoms with Crippen molar-refractivity contribution in [3.8, 4) is 0 Å². The largest absolute Gasteiger partial charge is 0.345 e. The van der Waals surface area contributed by atoms with E-state index in [1.54, 1.807) is 24.6 Å². The zero-order chi connectivity index (χ0) is 21.7. The highest BCUT2D eigenvalue weighted by Crippen LogP contribution is 2.23. The topological polar surface area (TPSA) is 115 Å². The molecule has 0 aliphatic heterocycles. The minimum absolute atomic E-state index is 0.0394. The van der Waals surface area contributed by atoms with Gasteiger partial charge in [0.2, 0.25) is 11.0 Å². The zero-order valence-corrected chi connectivity index (χ0v) is 18.2. The van der Waals surface area contributed by atoms with E-state index in [0.717, 1.165) is 11.4 Å². The van der Waals surface area contributed by atoms with Gasteiger partial charge >= 0.3 is 0 Å². The Morgan fingerprint density at radius 1 is 1.23 bits per heavy atom. The van der Waals surface area contributed by atoms with Gasteiger partial charge in [-0.15, -0.1) is 20.4 Å². The van der Waals surface area contributed by atoms with Crippen molar-refractivity contribution in [1.29, 1.82) is 0 Å². The summed E-state index contributed by atoms with van der Waals surface area (Å²) in [5, 5.41) is 22.8. The summed E-state index contributed by atoms with van der Waals surface area (Å²) in [6.07, 6.45) is 0.757. The van der Waals surface area contributed by atoms with Crippen molar-refractivity contribution < 1.29 is 14.0 Å². The smallest absolute Gasteiger partial charge is 0.254 e. The first-order chi connectivity index (χ1) is 14.4. The Labute approximate surface area is 180 Å². The molecule has 0 aliphatic rings. The highest BCUT2D eigenvalue weighted by atomic mass is 32.2. The maximum atomic E-state index is 13.7. The summed E-state index contributed by atoms with van der Waals surface area (Å²) in [6, 6.07) is 5.74. The van der Waals surface area contributed by atoms with Crippen LogP contribution in [0.3, 0.4) is 0 Å². The molecule has 0 bridgehead atoms. The lowest BCUT2D eigenvalue weighted by molar-refractivity contribution is -0.115. The van der Waals surface area contributed by atoms with Gasteiger partial charge in [-0.05, 0) is 25.5 Å². The third-order valence-electron chi connectivity index (χ3n) is 4.10. The van der Waals surface area contributed by atoms with Crippen LogP contribution in [0.1, 0.15) is 35.0 Å². The summed E-state index contributed by atoms with van der Waals surface area (Å²) in [5.74, 6) is -0.880. The van der Waals surface area contributed by atoms with Crippen LogP contribution in [0.2, 0.25) is 0 Å². The summed E-state index contributed by atoms with van der Waals surface area (Å²) in [5.41, 5.74) is -0.0394. The van der Waals surface area contributed by atoms with Crippen LogP contribution in [0.25, 0.3) is 0 Å². The molecule has 1 atom stereocenters. The summed E-state index contributed by atoms with van der Waals surface area (Å²) in [6.45, 7) is 3.79. The Morgan fingerprint density at radius 3 is 2.70 bits per heavy atom. The third kappa shape index (κ3) is 5.19. The molecule has 0 aliphatic carbocycles. The molecular weight excluding hydrogens is 429 g/mol. The first kappa shape index (κ1) is 21.8. The second kappa shape index (κ2) is 9.76. The number of anilines is 1. The Bertz CT molecular complexity index is 1050. The number of hydrogen-bond donors (Lipinski definition) is 2. The van der Waals surface area contributed by atoms with Crippen molar-refractivity contribution >= 4 is 40.0 Å². The van der Waals surface area contributed by atoms with Gasteiger partial charge in [0.15, 0.2) is 11.0 Å². The van der Waals surface area contributed by atoms with E-state index < -0.39 is 17.0 Å². The molecule has 158 valence electrons. The number of aromatic nitrogens is 5. The normalized spacial score (nSPS) is 11.9. The molecule has 2 amide bonds. The maximum absolute atomic E-state index is 13.7. The van der Waals surface area contributed by atoms with E-state index >= 15 is 0 Å². The summed E-state index contributed by atoms with van der Waals surface area (Å²) in [4.78, 5) is 24.5. The van der Waals surface area contributed by atoms with Crippen LogP contribution < -0.4 is 10.6 Å². The number of thioether (sulfide) groups is 1. The average Bonchev–Trinajstić information content (AvgIpc) is 3.33. The van der Waals surface area contributed by atoms with Crippen molar-refractivity contribution in [2.75, 3.05) is 5.32 Å². The molecule has 0 unspecified atom stereocenters. The number of nitrogens with one attached hydrogen (secondary N) is 2. The van der Waals surface area contributed by atoms with Crippen LogP contribution >= 0.6 is 23.1 Å². The lowest BCUT2D eigenvalue weighted by Crippen LogP contribution is -2.25. The van der Waals surface area contributed by atoms with E-state index in [1.807, 2.05) is 6.92 Å². The monoisotopic (exact) mass is 449 g/mol. The van der Waals surface area contributed by atoms with Crippen LogP contribution in [0.15, 0.2) is 29.4 Å². The van der Waals surface area contributed by atoms with E-state index in [9.17, 15) is 14.0 Å². The van der Waals surface area contributed by atoms with E-state index in [1.165, 1.54) is 41.3 Å². The van der Waals surface area contributed by atoms with Gasteiger partial charge in [-0.25, -0.2) is 4.39 Å². The molecule has 2 heterocycles. The number of hydrogen-bond acceptors (Lipinski definition) is 8. The standard InChI is InChI=1S/C18H20FN7O2S2/c1-4-14-23-24-17(30-14)21-15(27)10(2)29-18-25-22-13(26(18)3)9-20-16(28)11-7-5-6-8-12(11)19/h5-8,10H,4,9H2,1-3H3,(H,20,28)(H,21,24,27)/t10-/m1/s1. The number of benzene rings is 1. The Morgan fingerprint density at radius 2 is 2.00 bits per heavy atom. The first-order valence-corrected chi connectivity index (χ1v) is 10.8. The molecule has 0 spiro atoms. The molecule has 12 heteroatoms. The molecule has 2 aromatic heterocycles. The fourth-order valence-corrected chi connectivity index (χ4v) is 3.88. The fraction of sp³-hybridized carbons (Fsp3) is 0.333. The van der Waals surface area contributed by atoms with Gasteiger partial charge in [-0.3, -0.25) is 14.9 Å². The van der Waals surface area contributed by atoms with Crippen LogP contribution in [0, 0.1) is 5.82 Å². The molecule has 0 fully saturated rings. The van der Waals surface area contributed by atoms with E-state index in [4.69, 9.17) is 0 Å². The Kier molecular flexibility index (Phi) is 7.11. The van der Waals surface area contributed by atoms with Gasteiger partial charge in [0, 0.05) is 7.05 Å². The van der Waals surface area contributed by atoms with Gasteiger partial charge in [-0.1, -0.05) is 42.2 Å². The second-order valence-electron chi connectivity index (χ2n) is 6.22. The molecule has 1 aromatic carbocycles. The SMILES string of the molecule is CCc1nnc(NC(=O)[C@@H](C)Sc2nnc(CNC(=O)c3ccccc3F)n2C)s1. The molecule has 9 nitrogen and oxygen atoms in total. The fourth-order valence-electron chi connectivity index (χ4n) is 2.37. The van der Waals surface area contributed by atoms with E-state index in [2.05, 4.69) is 31.0 Å². The maximum Gasteiger partial charge on any atom is 0.254 e. The highest BCUT2D eigenvalue weighted by molar-refractivity contribution is 8.00.